The molecule has 0 fully saturated rings. The largest absolute Gasteiger partial charge is 0.368 e. The molecule has 4 heteroatoms. The molecule has 0 saturated heterocycles. The number of nitrogens with zero attached hydrogens (tertiary/aromatic N) is 3. The summed E-state index contributed by atoms with van der Waals surface area (Å²) in [7, 11) is 0. The highest BCUT2D eigenvalue weighted by Gasteiger charge is 2.17. The molecule has 26 heavy (non-hydrogen) atoms. The predicted molar refractivity (Wildman–Crippen MR) is 104 cm³/mol. The van der Waals surface area contributed by atoms with Crippen LogP contribution < -0.4 is 5.73 Å². The highest BCUT2D eigenvalue weighted by Crippen LogP contribution is 2.31. The Bertz CT molecular complexity index is 939. The summed E-state index contributed by atoms with van der Waals surface area (Å²) in [5, 5.41) is 0. The minimum Gasteiger partial charge on any atom is -0.368 e. The van der Waals surface area contributed by atoms with Crippen LogP contribution in [0.3, 0.4) is 0 Å². The summed E-state index contributed by atoms with van der Waals surface area (Å²) >= 11 is 0. The van der Waals surface area contributed by atoms with Gasteiger partial charge in [0.1, 0.15) is 0 Å². The molecule has 0 saturated carbocycles. The van der Waals surface area contributed by atoms with Crippen molar-refractivity contribution in [3.8, 4) is 22.6 Å². The second-order valence-corrected chi connectivity index (χ2v) is 6.00. The van der Waals surface area contributed by atoms with Crippen molar-refractivity contribution in [2.24, 2.45) is 0 Å². The summed E-state index contributed by atoms with van der Waals surface area (Å²) in [5.41, 5.74) is 11.7. The smallest absolute Gasteiger partial charge is 0.221 e. The molecule has 2 aromatic heterocycles. The fourth-order valence-corrected chi connectivity index (χ4v) is 3.02. The summed E-state index contributed by atoms with van der Waals surface area (Å²) in [4.78, 5) is 13.6. The van der Waals surface area contributed by atoms with Crippen LogP contribution in [0.4, 0.5) is 5.95 Å². The third kappa shape index (κ3) is 3.30. The Morgan fingerprint density at radius 3 is 2.04 bits per heavy atom. The Morgan fingerprint density at radius 1 is 0.692 bits per heavy atom. The van der Waals surface area contributed by atoms with Crippen LogP contribution in [0.5, 0.6) is 0 Å². The second kappa shape index (κ2) is 7.15. The summed E-state index contributed by atoms with van der Waals surface area (Å²) < 4.78 is 0. The van der Waals surface area contributed by atoms with Crippen LogP contribution in [-0.4, -0.2) is 15.0 Å². The van der Waals surface area contributed by atoms with Gasteiger partial charge >= 0.3 is 0 Å². The highest BCUT2D eigenvalue weighted by atomic mass is 15.0. The zero-order chi connectivity index (χ0) is 17.8. The lowest BCUT2D eigenvalue weighted by molar-refractivity contribution is 1.08. The van der Waals surface area contributed by atoms with E-state index in [0.29, 0.717) is 6.42 Å². The van der Waals surface area contributed by atoms with Crippen LogP contribution >= 0.6 is 0 Å². The molecule has 0 aliphatic heterocycles. The fourth-order valence-electron chi connectivity index (χ4n) is 3.02. The van der Waals surface area contributed by atoms with Crippen molar-refractivity contribution >= 4 is 5.95 Å². The molecule has 0 bridgehead atoms. The van der Waals surface area contributed by atoms with E-state index in [2.05, 4.69) is 27.1 Å². The van der Waals surface area contributed by atoms with Crippen LogP contribution in [-0.2, 0) is 6.42 Å². The molecule has 0 unspecified atom stereocenters. The van der Waals surface area contributed by atoms with Gasteiger partial charge in [0.2, 0.25) is 5.95 Å². The topological polar surface area (TPSA) is 64.7 Å². The average Bonchev–Trinajstić information content (AvgIpc) is 2.71. The van der Waals surface area contributed by atoms with E-state index in [9.17, 15) is 0 Å². The zero-order valence-corrected chi connectivity index (χ0v) is 14.2. The maximum Gasteiger partial charge on any atom is 0.221 e. The number of pyridine rings is 1. The monoisotopic (exact) mass is 338 g/mol. The number of anilines is 1. The van der Waals surface area contributed by atoms with Crippen molar-refractivity contribution in [2.75, 3.05) is 5.73 Å². The second-order valence-electron chi connectivity index (χ2n) is 6.00. The van der Waals surface area contributed by atoms with Gasteiger partial charge < -0.3 is 5.73 Å². The number of aromatic nitrogens is 3. The van der Waals surface area contributed by atoms with Crippen molar-refractivity contribution in [1.82, 2.24) is 15.0 Å². The first-order chi connectivity index (χ1) is 12.8. The molecule has 2 heterocycles. The Balaban J connectivity index is 1.95. The van der Waals surface area contributed by atoms with Gasteiger partial charge in [-0.05, 0) is 17.7 Å². The van der Waals surface area contributed by atoms with Crippen molar-refractivity contribution in [1.29, 1.82) is 0 Å². The molecule has 4 aromatic rings. The van der Waals surface area contributed by atoms with Gasteiger partial charge in [-0.1, -0.05) is 66.7 Å². The fraction of sp³-hybridized carbons (Fsp3) is 0.0455. The van der Waals surface area contributed by atoms with Crippen LogP contribution in [0.15, 0.2) is 85.1 Å². The SMILES string of the molecule is Nc1nc(-c2ccccc2)c(Cc2ccccc2)c(-c2ccccn2)n1. The lowest BCUT2D eigenvalue weighted by Crippen LogP contribution is -2.06. The van der Waals surface area contributed by atoms with Gasteiger partial charge in [0.25, 0.3) is 0 Å². The minimum absolute atomic E-state index is 0.251. The summed E-state index contributed by atoms with van der Waals surface area (Å²) in [6.45, 7) is 0. The number of hydrogen-bond donors (Lipinski definition) is 1. The summed E-state index contributed by atoms with van der Waals surface area (Å²) in [6, 6.07) is 26.2. The molecule has 2 aromatic carbocycles. The molecule has 4 nitrogen and oxygen atoms in total. The number of nitrogen functional groups attached to an aromatic ring is 1. The molecule has 0 radical (unpaired) electrons. The van der Waals surface area contributed by atoms with Crippen molar-refractivity contribution in [3.05, 3.63) is 96.2 Å². The van der Waals surface area contributed by atoms with Crippen LogP contribution in [0.25, 0.3) is 22.6 Å². The third-order valence-corrected chi connectivity index (χ3v) is 4.20. The molecule has 2 N–H and O–H groups in total. The van der Waals surface area contributed by atoms with E-state index in [-0.39, 0.29) is 5.95 Å². The van der Waals surface area contributed by atoms with Crippen molar-refractivity contribution in [3.63, 3.8) is 0 Å². The first-order valence-corrected chi connectivity index (χ1v) is 8.48. The van der Waals surface area contributed by atoms with E-state index in [1.807, 2.05) is 66.7 Å². The van der Waals surface area contributed by atoms with E-state index in [1.54, 1.807) is 6.20 Å². The normalized spacial score (nSPS) is 10.6. The van der Waals surface area contributed by atoms with Crippen molar-refractivity contribution in [2.45, 2.75) is 6.42 Å². The van der Waals surface area contributed by atoms with Crippen molar-refractivity contribution < 1.29 is 0 Å². The molecule has 126 valence electrons. The lowest BCUT2D eigenvalue weighted by atomic mass is 9.96. The number of benzene rings is 2. The molecule has 0 aliphatic carbocycles. The van der Waals surface area contributed by atoms with E-state index in [0.717, 1.165) is 28.2 Å². The molecule has 0 amide bonds. The molecule has 0 aliphatic rings. The van der Waals surface area contributed by atoms with Crippen LogP contribution in [0.2, 0.25) is 0 Å². The molecular weight excluding hydrogens is 320 g/mol. The Morgan fingerprint density at radius 2 is 1.35 bits per heavy atom. The number of hydrogen-bond acceptors (Lipinski definition) is 4. The van der Waals surface area contributed by atoms with Gasteiger partial charge in [0, 0.05) is 23.7 Å². The molecule has 4 rings (SSSR count). The van der Waals surface area contributed by atoms with Gasteiger partial charge in [-0.2, -0.15) is 0 Å². The Kier molecular flexibility index (Phi) is 4.39. The summed E-state index contributed by atoms with van der Waals surface area (Å²) in [6.07, 6.45) is 2.47. The van der Waals surface area contributed by atoms with Gasteiger partial charge in [-0.3, -0.25) is 4.98 Å². The maximum absolute atomic E-state index is 6.05. The first kappa shape index (κ1) is 16.0. The van der Waals surface area contributed by atoms with Gasteiger partial charge in [0.05, 0.1) is 17.1 Å². The zero-order valence-electron chi connectivity index (χ0n) is 14.2. The highest BCUT2D eigenvalue weighted by molar-refractivity contribution is 5.74. The van der Waals surface area contributed by atoms with Crippen LogP contribution in [0.1, 0.15) is 11.1 Å². The Labute approximate surface area is 152 Å². The van der Waals surface area contributed by atoms with Gasteiger partial charge in [-0.15, -0.1) is 0 Å². The predicted octanol–water partition coefficient (Wildman–Crippen LogP) is 4.38. The van der Waals surface area contributed by atoms with E-state index in [4.69, 9.17) is 5.73 Å². The Hall–Kier alpha value is -3.53. The minimum atomic E-state index is 0.251. The van der Waals surface area contributed by atoms with E-state index < -0.39 is 0 Å². The number of nitrogens with two attached hydrogens (primary N) is 1. The van der Waals surface area contributed by atoms with E-state index >= 15 is 0 Å². The summed E-state index contributed by atoms with van der Waals surface area (Å²) in [5.74, 6) is 0.251. The van der Waals surface area contributed by atoms with Gasteiger partial charge in [-0.25, -0.2) is 9.97 Å². The van der Waals surface area contributed by atoms with Gasteiger partial charge in [0.15, 0.2) is 0 Å². The first-order valence-electron chi connectivity index (χ1n) is 8.48. The average molecular weight is 338 g/mol. The molecule has 0 atom stereocenters. The number of rotatable bonds is 4. The molecule has 0 spiro atoms. The van der Waals surface area contributed by atoms with Crippen LogP contribution in [0, 0.1) is 0 Å². The lowest BCUT2D eigenvalue weighted by Gasteiger charge is -2.14. The maximum atomic E-state index is 6.05. The third-order valence-electron chi connectivity index (χ3n) is 4.20. The quantitative estimate of drug-likeness (QED) is 0.600. The van der Waals surface area contributed by atoms with E-state index in [1.165, 1.54) is 5.56 Å². The standard InChI is InChI=1S/C22H18N4/c23-22-25-20(17-11-5-2-6-12-17)18(15-16-9-3-1-4-10-16)21(26-22)19-13-7-8-14-24-19/h1-14H,15H2,(H2,23,25,26). The molecular formula is C22H18N4.